The minimum absolute atomic E-state index is 0.142. The number of hydrogen-bond acceptors (Lipinski definition) is 6. The largest absolute Gasteiger partial charge is 0.486 e. The van der Waals surface area contributed by atoms with Gasteiger partial charge in [0, 0.05) is 13.1 Å². The van der Waals surface area contributed by atoms with Gasteiger partial charge >= 0.3 is 0 Å². The van der Waals surface area contributed by atoms with Crippen molar-refractivity contribution in [2.45, 2.75) is 24.3 Å². The van der Waals surface area contributed by atoms with Crippen LogP contribution in [0.2, 0.25) is 0 Å². The number of carbonyl (C=O) groups excluding carboxylic acids is 2. The number of β-lactam (4-membered cyclic amide) rings is 2. The van der Waals surface area contributed by atoms with Crippen LogP contribution in [0.15, 0.2) is 146 Å². The Balaban J connectivity index is 1.09. The third-order valence-electron chi connectivity index (χ3n) is 10.2. The summed E-state index contributed by atoms with van der Waals surface area (Å²) in [5.74, 6) is 1.79. The van der Waals surface area contributed by atoms with Gasteiger partial charge in [-0.2, -0.15) is 0 Å². The van der Waals surface area contributed by atoms with E-state index in [1.54, 1.807) is 0 Å². The van der Waals surface area contributed by atoms with E-state index in [0.29, 0.717) is 36.1 Å². The Hall–Kier alpha value is -6.28. The summed E-state index contributed by atoms with van der Waals surface area (Å²) >= 11 is 0. The smallest absolute Gasteiger partial charge is 0.266 e. The van der Waals surface area contributed by atoms with Crippen molar-refractivity contribution in [2.24, 2.45) is 0 Å². The van der Waals surface area contributed by atoms with Crippen LogP contribution in [0.5, 0.6) is 23.0 Å². The van der Waals surface area contributed by atoms with E-state index in [0.717, 1.165) is 32.7 Å². The normalized spacial score (nSPS) is 22.3. The molecule has 4 atom stereocenters. The molecule has 0 radical (unpaired) electrons. The number of fused-ring (bicyclic) bond motifs is 2. The standard InChI is InChI=1S/C44H36N2O6/c47-43-41-39(33-21-19-29-11-1-3-13-31(29)27-33)45(43)23-24-46-40(34-22-20-30-12-2-4-14-32(30)28-34)42(44(46)48)52-38-18-8-6-16-36(38)50-26-10-9-25-49-35-15-5-7-17-37(35)51-41/h1-22,27-28,39-42H,23-26H2/b10-9+/t39-,40+,41+,42-. The molecule has 8 heteroatoms. The van der Waals surface area contributed by atoms with Gasteiger partial charge in [0.2, 0.25) is 12.2 Å². The van der Waals surface area contributed by atoms with Crippen LogP contribution in [0.3, 0.4) is 0 Å². The van der Waals surface area contributed by atoms with Crippen molar-refractivity contribution in [1.82, 2.24) is 9.80 Å². The second-order valence-corrected chi connectivity index (χ2v) is 13.2. The first-order chi connectivity index (χ1) is 25.6. The number of carbonyl (C=O) groups is 2. The second-order valence-electron chi connectivity index (χ2n) is 13.2. The minimum Gasteiger partial charge on any atom is -0.486 e. The van der Waals surface area contributed by atoms with Crippen molar-refractivity contribution in [1.29, 1.82) is 0 Å². The predicted octanol–water partition coefficient (Wildman–Crippen LogP) is 7.68. The summed E-state index contributed by atoms with van der Waals surface area (Å²) in [6, 6.07) is 42.9. The fourth-order valence-electron chi connectivity index (χ4n) is 7.49. The lowest BCUT2D eigenvalue weighted by atomic mass is 9.87. The van der Waals surface area contributed by atoms with Crippen LogP contribution in [0.25, 0.3) is 21.5 Å². The Labute approximate surface area is 301 Å². The van der Waals surface area contributed by atoms with Gasteiger partial charge in [-0.1, -0.05) is 97.1 Å². The fraction of sp³-hybridized carbons (Fsp3) is 0.182. The average molecular weight is 689 g/mol. The summed E-state index contributed by atoms with van der Waals surface area (Å²) in [7, 11) is 0. The molecular formula is C44H36N2O6. The Morgan fingerprint density at radius 2 is 0.827 bits per heavy atom. The van der Waals surface area contributed by atoms with E-state index < -0.39 is 12.2 Å². The lowest BCUT2D eigenvalue weighted by Gasteiger charge is -2.50. The topological polar surface area (TPSA) is 77.5 Å². The summed E-state index contributed by atoms with van der Waals surface area (Å²) in [5.41, 5.74) is 1.93. The highest BCUT2D eigenvalue weighted by atomic mass is 16.5. The Kier molecular flexibility index (Phi) is 8.20. The van der Waals surface area contributed by atoms with Crippen molar-refractivity contribution >= 4 is 33.4 Å². The van der Waals surface area contributed by atoms with Gasteiger partial charge in [0.1, 0.15) is 25.3 Å². The number of amides is 2. The molecule has 2 fully saturated rings. The number of ether oxygens (including phenoxy) is 4. The summed E-state index contributed by atoms with van der Waals surface area (Å²) in [5, 5.41) is 4.38. The Morgan fingerprint density at radius 1 is 0.442 bits per heavy atom. The molecule has 4 bridgehead atoms. The van der Waals surface area contributed by atoms with Crippen molar-refractivity contribution in [2.75, 3.05) is 26.3 Å². The third-order valence-corrected chi connectivity index (χ3v) is 10.2. The van der Waals surface area contributed by atoms with E-state index in [9.17, 15) is 9.59 Å². The molecule has 5 aliphatic heterocycles. The van der Waals surface area contributed by atoms with Gasteiger partial charge in [-0.15, -0.1) is 0 Å². The molecule has 258 valence electrons. The second kappa shape index (κ2) is 13.5. The molecule has 0 aliphatic carbocycles. The molecule has 0 aromatic heterocycles. The fourth-order valence-corrected chi connectivity index (χ4v) is 7.49. The molecule has 5 aliphatic rings. The number of nitrogens with zero attached hydrogens (tertiary/aromatic N) is 2. The number of benzene rings is 6. The minimum atomic E-state index is -0.767. The van der Waals surface area contributed by atoms with Crippen molar-refractivity contribution in [3.8, 4) is 23.0 Å². The monoisotopic (exact) mass is 688 g/mol. The first kappa shape index (κ1) is 31.7. The van der Waals surface area contributed by atoms with Crippen LogP contribution in [0, 0.1) is 0 Å². The maximum absolute atomic E-state index is 14.0. The summed E-state index contributed by atoms with van der Waals surface area (Å²) < 4.78 is 25.2. The van der Waals surface area contributed by atoms with Crippen LogP contribution in [0.1, 0.15) is 23.2 Å². The van der Waals surface area contributed by atoms with Gasteiger partial charge in [-0.3, -0.25) is 9.59 Å². The molecule has 8 nitrogen and oxygen atoms in total. The zero-order valence-corrected chi connectivity index (χ0v) is 28.3. The molecule has 6 aromatic carbocycles. The van der Waals surface area contributed by atoms with Gasteiger partial charge in [0.15, 0.2) is 23.0 Å². The summed E-state index contributed by atoms with van der Waals surface area (Å²) in [6.07, 6.45) is 2.21. The molecule has 2 saturated heterocycles. The molecule has 0 unspecified atom stereocenters. The van der Waals surface area contributed by atoms with E-state index in [1.807, 2.05) is 94.7 Å². The summed E-state index contributed by atoms with van der Waals surface area (Å²) in [4.78, 5) is 31.7. The van der Waals surface area contributed by atoms with Crippen LogP contribution in [0.4, 0.5) is 0 Å². The van der Waals surface area contributed by atoms with Gasteiger partial charge in [0.05, 0.1) is 0 Å². The highest BCUT2D eigenvalue weighted by Crippen LogP contribution is 2.43. The highest BCUT2D eigenvalue weighted by Gasteiger charge is 2.53. The van der Waals surface area contributed by atoms with Gasteiger partial charge in [-0.05, 0) is 81.2 Å². The van der Waals surface area contributed by atoms with Crippen LogP contribution in [-0.2, 0) is 9.59 Å². The molecule has 0 saturated carbocycles. The molecule has 0 N–H and O–H groups in total. The van der Waals surface area contributed by atoms with Crippen LogP contribution >= 0.6 is 0 Å². The van der Waals surface area contributed by atoms with E-state index in [1.165, 1.54) is 0 Å². The van der Waals surface area contributed by atoms with Crippen molar-refractivity contribution < 1.29 is 28.5 Å². The lowest BCUT2D eigenvalue weighted by Crippen LogP contribution is -2.66. The number of hydrogen-bond donors (Lipinski definition) is 0. The highest BCUT2D eigenvalue weighted by molar-refractivity contribution is 5.92. The Bertz CT molecular complexity index is 2180. The maximum Gasteiger partial charge on any atom is 0.266 e. The van der Waals surface area contributed by atoms with E-state index in [4.69, 9.17) is 18.9 Å². The zero-order valence-electron chi connectivity index (χ0n) is 28.3. The molecule has 2 amide bonds. The third kappa shape index (κ3) is 5.76. The zero-order chi connectivity index (χ0) is 35.0. The number of para-hydroxylation sites is 4. The molecule has 11 rings (SSSR count). The van der Waals surface area contributed by atoms with E-state index >= 15 is 0 Å². The number of rotatable bonds is 2. The summed E-state index contributed by atoms with van der Waals surface area (Å²) in [6.45, 7) is 1.20. The molecule has 6 aromatic rings. The predicted molar refractivity (Wildman–Crippen MR) is 199 cm³/mol. The Morgan fingerprint density at radius 3 is 1.27 bits per heavy atom. The van der Waals surface area contributed by atoms with Gasteiger partial charge in [0.25, 0.3) is 11.8 Å². The molecule has 0 spiro atoms. The van der Waals surface area contributed by atoms with Crippen molar-refractivity contribution in [3.05, 3.63) is 157 Å². The molecule has 5 heterocycles. The molecular weight excluding hydrogens is 652 g/mol. The van der Waals surface area contributed by atoms with Gasteiger partial charge in [-0.25, -0.2) is 0 Å². The van der Waals surface area contributed by atoms with Crippen LogP contribution in [-0.4, -0.2) is 60.1 Å². The van der Waals surface area contributed by atoms with Crippen molar-refractivity contribution in [3.63, 3.8) is 0 Å². The van der Waals surface area contributed by atoms with Crippen LogP contribution < -0.4 is 18.9 Å². The SMILES string of the molecule is O=C1[C@H]2Oc3ccccc3OC/C=C/COc3ccccc3O[C@H]3C(=O)N(CCN1[C@@H]2c1ccc2ccccc2c1)[C@H]3c1ccc2ccccc2c1. The maximum atomic E-state index is 14.0. The van der Waals surface area contributed by atoms with Gasteiger partial charge < -0.3 is 28.7 Å². The lowest BCUT2D eigenvalue weighted by molar-refractivity contribution is -0.172. The average Bonchev–Trinajstić information content (AvgIpc) is 3.18. The quantitative estimate of drug-likeness (QED) is 0.137. The first-order valence-corrected chi connectivity index (χ1v) is 17.6. The van der Waals surface area contributed by atoms with E-state index in [2.05, 4.69) is 60.7 Å². The van der Waals surface area contributed by atoms with E-state index in [-0.39, 0.29) is 37.1 Å². The first-order valence-electron chi connectivity index (χ1n) is 17.6. The molecule has 52 heavy (non-hydrogen) atoms.